The van der Waals surface area contributed by atoms with Crippen LogP contribution in [-0.4, -0.2) is 36.6 Å². The number of anilines is 2. The van der Waals surface area contributed by atoms with Gasteiger partial charge in [0, 0.05) is 30.5 Å². The lowest BCUT2D eigenvalue weighted by molar-refractivity contribution is 0.101. The molecule has 0 radical (unpaired) electrons. The predicted molar refractivity (Wildman–Crippen MR) is 165 cm³/mol. The standard InChI is InChI=1S/C33H39FN4OSi/c1-40(2,28-11-4-3-5-12-28)29-14-15-30-25(20-29)21-31(38(30)23-24-9-8-10-26(34)19-24)33(39)36-27-13-16-32(35-22-27)37-17-6-7-18-37/h8-10,13-16,19-22,28H,3-7,11-12,17-18,23H2,1-2H3,(H,36,39). The average molecular weight is 555 g/mol. The molecule has 2 fully saturated rings. The Kier molecular flexibility index (Phi) is 7.49. The fourth-order valence-electron chi connectivity index (χ4n) is 6.70. The van der Waals surface area contributed by atoms with Crippen LogP contribution in [0, 0.1) is 5.82 Å². The molecule has 0 unspecified atom stereocenters. The molecule has 7 heteroatoms. The first kappa shape index (κ1) is 26.8. The first-order chi connectivity index (χ1) is 19.4. The second kappa shape index (κ2) is 11.2. The molecular weight excluding hydrogens is 515 g/mol. The number of aromatic nitrogens is 2. The quantitative estimate of drug-likeness (QED) is 0.243. The molecule has 2 aromatic heterocycles. The summed E-state index contributed by atoms with van der Waals surface area (Å²) in [6.07, 6.45) is 10.8. The summed E-state index contributed by atoms with van der Waals surface area (Å²) in [5, 5.41) is 5.58. The lowest BCUT2D eigenvalue weighted by Gasteiger charge is -2.36. The molecule has 0 spiro atoms. The van der Waals surface area contributed by atoms with Crippen molar-refractivity contribution in [2.75, 3.05) is 23.3 Å². The van der Waals surface area contributed by atoms with Crippen LogP contribution in [0.2, 0.25) is 18.6 Å². The summed E-state index contributed by atoms with van der Waals surface area (Å²) in [4.78, 5) is 20.6. The molecule has 0 atom stereocenters. The summed E-state index contributed by atoms with van der Waals surface area (Å²) < 4.78 is 16.1. The topological polar surface area (TPSA) is 50.2 Å². The Bertz CT molecular complexity index is 1500. The lowest BCUT2D eigenvalue weighted by atomic mass is 10.0. The fraction of sp³-hybridized carbons (Fsp3) is 0.394. The van der Waals surface area contributed by atoms with Gasteiger partial charge in [-0.15, -0.1) is 0 Å². The van der Waals surface area contributed by atoms with Crippen molar-refractivity contribution in [1.29, 1.82) is 0 Å². The van der Waals surface area contributed by atoms with Gasteiger partial charge in [-0.3, -0.25) is 4.79 Å². The summed E-state index contributed by atoms with van der Waals surface area (Å²) in [5.74, 6) is 0.494. The third-order valence-corrected chi connectivity index (χ3v) is 13.6. The third-order valence-electron chi connectivity index (χ3n) is 9.17. The van der Waals surface area contributed by atoms with E-state index < -0.39 is 8.07 Å². The first-order valence-electron chi connectivity index (χ1n) is 14.8. The van der Waals surface area contributed by atoms with Crippen LogP contribution < -0.4 is 15.4 Å². The van der Waals surface area contributed by atoms with Gasteiger partial charge in [0.15, 0.2) is 0 Å². The first-order valence-corrected chi connectivity index (χ1v) is 17.9. The van der Waals surface area contributed by atoms with Gasteiger partial charge >= 0.3 is 0 Å². The Balaban J connectivity index is 1.33. The third kappa shape index (κ3) is 5.44. The van der Waals surface area contributed by atoms with Crippen LogP contribution in [0.25, 0.3) is 10.9 Å². The van der Waals surface area contributed by atoms with Gasteiger partial charge in [0.25, 0.3) is 5.91 Å². The Morgan fingerprint density at radius 2 is 1.77 bits per heavy atom. The monoisotopic (exact) mass is 554 g/mol. The summed E-state index contributed by atoms with van der Waals surface area (Å²) in [7, 11) is -1.66. The minimum absolute atomic E-state index is 0.186. The Morgan fingerprint density at radius 1 is 0.975 bits per heavy atom. The number of carbonyl (C=O) groups is 1. The molecule has 4 aromatic rings. The molecule has 1 saturated carbocycles. The van der Waals surface area contributed by atoms with Crippen molar-refractivity contribution >= 4 is 41.6 Å². The van der Waals surface area contributed by atoms with Crippen molar-refractivity contribution < 1.29 is 9.18 Å². The Morgan fingerprint density at radius 3 is 2.50 bits per heavy atom. The second-order valence-electron chi connectivity index (χ2n) is 12.1. The number of carbonyl (C=O) groups excluding carboxylic acids is 1. The maximum Gasteiger partial charge on any atom is 0.272 e. The highest BCUT2D eigenvalue weighted by molar-refractivity contribution is 6.91. The highest BCUT2D eigenvalue weighted by atomic mass is 28.3. The molecule has 5 nitrogen and oxygen atoms in total. The zero-order valence-electron chi connectivity index (χ0n) is 23.6. The van der Waals surface area contributed by atoms with Gasteiger partial charge in [0.05, 0.1) is 20.0 Å². The Labute approximate surface area is 237 Å². The van der Waals surface area contributed by atoms with Gasteiger partial charge in [-0.25, -0.2) is 9.37 Å². The van der Waals surface area contributed by atoms with Crippen molar-refractivity contribution in [3.8, 4) is 0 Å². The molecule has 1 N–H and O–H groups in total. The molecule has 1 aliphatic heterocycles. The maximum atomic E-state index is 14.1. The molecule has 208 valence electrons. The fourth-order valence-corrected chi connectivity index (χ4v) is 10.1. The highest BCUT2D eigenvalue weighted by Gasteiger charge is 2.34. The van der Waals surface area contributed by atoms with Crippen molar-refractivity contribution in [2.45, 2.75) is 70.1 Å². The van der Waals surface area contributed by atoms with Crippen molar-refractivity contribution in [3.63, 3.8) is 0 Å². The van der Waals surface area contributed by atoms with E-state index in [9.17, 15) is 9.18 Å². The zero-order chi connectivity index (χ0) is 27.7. The van der Waals surface area contributed by atoms with Gasteiger partial charge in [0.2, 0.25) is 0 Å². The second-order valence-corrected chi connectivity index (χ2v) is 17.0. The largest absolute Gasteiger partial charge is 0.357 e. The number of nitrogens with zero attached hydrogens (tertiary/aromatic N) is 3. The van der Waals surface area contributed by atoms with E-state index in [2.05, 4.69) is 46.5 Å². The number of amides is 1. The molecular formula is C33H39FN4OSi. The smallest absolute Gasteiger partial charge is 0.272 e. The van der Waals surface area contributed by atoms with Crippen molar-refractivity contribution in [2.24, 2.45) is 0 Å². The summed E-state index contributed by atoms with van der Waals surface area (Å²) in [5.41, 5.74) is 3.85. The number of hydrogen-bond donors (Lipinski definition) is 1. The average Bonchev–Trinajstić information content (AvgIpc) is 3.63. The van der Waals surface area contributed by atoms with Gasteiger partial charge in [-0.2, -0.15) is 0 Å². The molecule has 1 aliphatic carbocycles. The normalized spacial score (nSPS) is 16.5. The molecule has 6 rings (SSSR count). The van der Waals surface area contributed by atoms with E-state index in [0.717, 1.165) is 40.9 Å². The van der Waals surface area contributed by atoms with E-state index >= 15 is 0 Å². The molecule has 2 aromatic carbocycles. The van der Waals surface area contributed by atoms with Crippen LogP contribution in [0.1, 0.15) is 61.0 Å². The van der Waals surface area contributed by atoms with E-state index in [1.54, 1.807) is 18.3 Å². The van der Waals surface area contributed by atoms with Crippen LogP contribution in [0.4, 0.5) is 15.9 Å². The predicted octanol–water partition coefficient (Wildman–Crippen LogP) is 7.33. The minimum Gasteiger partial charge on any atom is -0.357 e. The van der Waals surface area contributed by atoms with Crippen molar-refractivity contribution in [1.82, 2.24) is 9.55 Å². The number of benzene rings is 2. The van der Waals surface area contributed by atoms with E-state index in [4.69, 9.17) is 0 Å². The van der Waals surface area contributed by atoms with Gasteiger partial charge in [-0.05, 0) is 60.3 Å². The number of rotatable bonds is 7. The number of pyridine rings is 1. The van der Waals surface area contributed by atoms with Crippen LogP contribution in [-0.2, 0) is 6.54 Å². The van der Waals surface area contributed by atoms with E-state index in [1.807, 2.05) is 28.8 Å². The van der Waals surface area contributed by atoms with Crippen LogP contribution in [0.15, 0.2) is 66.9 Å². The van der Waals surface area contributed by atoms with Crippen LogP contribution in [0.5, 0.6) is 0 Å². The molecule has 3 heterocycles. The molecule has 1 saturated heterocycles. The van der Waals surface area contributed by atoms with Crippen LogP contribution in [0.3, 0.4) is 0 Å². The zero-order valence-corrected chi connectivity index (χ0v) is 24.6. The molecule has 2 aliphatic rings. The molecule has 0 bridgehead atoms. The highest BCUT2D eigenvalue weighted by Crippen LogP contribution is 2.37. The number of fused-ring (bicyclic) bond motifs is 1. The van der Waals surface area contributed by atoms with Crippen molar-refractivity contribution in [3.05, 3.63) is 83.9 Å². The van der Waals surface area contributed by atoms with E-state index in [0.29, 0.717) is 17.9 Å². The Hall–Kier alpha value is -3.45. The van der Waals surface area contributed by atoms with Crippen LogP contribution >= 0.6 is 0 Å². The summed E-state index contributed by atoms with van der Waals surface area (Å²) in [6, 6.07) is 19.3. The van der Waals surface area contributed by atoms with Gasteiger partial charge < -0.3 is 14.8 Å². The maximum absolute atomic E-state index is 14.1. The van der Waals surface area contributed by atoms with Gasteiger partial charge in [0.1, 0.15) is 17.3 Å². The summed E-state index contributed by atoms with van der Waals surface area (Å²) >= 11 is 0. The molecule has 1 amide bonds. The van der Waals surface area contributed by atoms with E-state index in [1.165, 1.54) is 56.2 Å². The van der Waals surface area contributed by atoms with E-state index in [-0.39, 0.29) is 11.7 Å². The van der Waals surface area contributed by atoms with Gasteiger partial charge in [-0.1, -0.05) is 74.7 Å². The number of nitrogens with one attached hydrogen (secondary N) is 1. The minimum atomic E-state index is -1.66. The summed E-state index contributed by atoms with van der Waals surface area (Å²) in [6.45, 7) is 7.47. The SMILES string of the molecule is C[Si](C)(c1ccc2c(c1)cc(C(=O)Nc1ccc(N3CCCC3)nc1)n2Cc1cccc(F)c1)C1CCCCC1. The lowest BCUT2D eigenvalue weighted by Crippen LogP contribution is -2.46. The number of halogens is 1. The molecule has 40 heavy (non-hydrogen) atoms. The number of hydrogen-bond acceptors (Lipinski definition) is 3.